The van der Waals surface area contributed by atoms with E-state index in [2.05, 4.69) is 22.3 Å². The van der Waals surface area contributed by atoms with E-state index in [1.165, 1.54) is 24.3 Å². The molecule has 4 aromatic rings. The highest BCUT2D eigenvalue weighted by molar-refractivity contribution is 5.84. The summed E-state index contributed by atoms with van der Waals surface area (Å²) in [6.45, 7) is 5.09. The SMILES string of the molecule is COc1c(F)ccc(NC(C)c2cc(C)cc3c(=O)n(C)c(N4Cc5ccccc5C4)nc23)c1F. The molecule has 1 aliphatic rings. The Morgan fingerprint density at radius 2 is 1.77 bits per heavy atom. The molecule has 0 saturated carbocycles. The molecule has 0 bridgehead atoms. The zero-order valence-corrected chi connectivity index (χ0v) is 20.0. The molecule has 1 aliphatic heterocycles. The summed E-state index contributed by atoms with van der Waals surface area (Å²) >= 11 is 0. The van der Waals surface area contributed by atoms with Crippen molar-refractivity contribution in [3.05, 3.63) is 92.8 Å². The minimum atomic E-state index is -0.810. The van der Waals surface area contributed by atoms with Crippen molar-refractivity contribution >= 4 is 22.5 Å². The fourth-order valence-electron chi connectivity index (χ4n) is 4.77. The number of hydrogen-bond donors (Lipinski definition) is 1. The van der Waals surface area contributed by atoms with Gasteiger partial charge in [-0.3, -0.25) is 9.36 Å². The lowest BCUT2D eigenvalue weighted by molar-refractivity contribution is 0.360. The predicted molar refractivity (Wildman–Crippen MR) is 133 cm³/mol. The first-order valence-corrected chi connectivity index (χ1v) is 11.4. The number of nitrogens with zero attached hydrogens (tertiary/aromatic N) is 3. The van der Waals surface area contributed by atoms with Crippen LogP contribution in [0, 0.1) is 18.6 Å². The van der Waals surface area contributed by atoms with Gasteiger partial charge in [0.2, 0.25) is 5.95 Å². The van der Waals surface area contributed by atoms with E-state index in [-0.39, 0.29) is 11.2 Å². The Hall–Kier alpha value is -3.94. The number of aromatic nitrogens is 2. The van der Waals surface area contributed by atoms with Gasteiger partial charge in [0.25, 0.3) is 5.56 Å². The van der Waals surface area contributed by atoms with Crippen LogP contribution in [-0.2, 0) is 20.1 Å². The Labute approximate surface area is 201 Å². The molecule has 8 heteroatoms. The normalized spacial score (nSPS) is 13.7. The molecule has 2 heterocycles. The third-order valence-corrected chi connectivity index (χ3v) is 6.55. The van der Waals surface area contributed by atoms with E-state index >= 15 is 0 Å². The van der Waals surface area contributed by atoms with Gasteiger partial charge in [0.05, 0.1) is 29.7 Å². The van der Waals surface area contributed by atoms with E-state index in [0.717, 1.165) is 17.2 Å². The monoisotopic (exact) mass is 476 g/mol. The molecule has 0 saturated heterocycles. The molecule has 3 aromatic carbocycles. The first-order valence-electron chi connectivity index (χ1n) is 11.4. The van der Waals surface area contributed by atoms with Crippen molar-refractivity contribution < 1.29 is 13.5 Å². The topological polar surface area (TPSA) is 59.4 Å². The first kappa shape index (κ1) is 22.8. The Balaban J connectivity index is 1.59. The summed E-state index contributed by atoms with van der Waals surface area (Å²) in [6.07, 6.45) is 0. The van der Waals surface area contributed by atoms with Gasteiger partial charge in [-0.25, -0.2) is 13.8 Å². The molecule has 35 heavy (non-hydrogen) atoms. The molecule has 1 unspecified atom stereocenters. The highest BCUT2D eigenvalue weighted by atomic mass is 19.1. The number of methoxy groups -OCH3 is 1. The summed E-state index contributed by atoms with van der Waals surface area (Å²) in [5.41, 5.74) is 4.57. The quantitative estimate of drug-likeness (QED) is 0.428. The van der Waals surface area contributed by atoms with Gasteiger partial charge in [0.1, 0.15) is 0 Å². The van der Waals surface area contributed by atoms with Gasteiger partial charge in [0.15, 0.2) is 17.4 Å². The van der Waals surface area contributed by atoms with Crippen molar-refractivity contribution in [1.82, 2.24) is 9.55 Å². The number of benzene rings is 3. The molecule has 1 atom stereocenters. The first-order chi connectivity index (χ1) is 16.8. The average molecular weight is 477 g/mol. The molecular weight excluding hydrogens is 450 g/mol. The van der Waals surface area contributed by atoms with Crippen LogP contribution in [0.3, 0.4) is 0 Å². The number of fused-ring (bicyclic) bond motifs is 2. The number of aryl methyl sites for hydroxylation is 1. The molecule has 5 rings (SSSR count). The van der Waals surface area contributed by atoms with Crippen molar-refractivity contribution in [3.63, 3.8) is 0 Å². The van der Waals surface area contributed by atoms with E-state index in [1.807, 2.05) is 38.1 Å². The van der Waals surface area contributed by atoms with Crippen molar-refractivity contribution in [2.24, 2.45) is 7.05 Å². The molecule has 0 spiro atoms. The molecule has 180 valence electrons. The zero-order valence-electron chi connectivity index (χ0n) is 20.0. The Kier molecular flexibility index (Phi) is 5.67. The molecule has 6 nitrogen and oxygen atoms in total. The van der Waals surface area contributed by atoms with Crippen LogP contribution in [0.5, 0.6) is 5.75 Å². The van der Waals surface area contributed by atoms with Crippen molar-refractivity contribution in [2.45, 2.75) is 33.0 Å². The van der Waals surface area contributed by atoms with Crippen LogP contribution in [0.2, 0.25) is 0 Å². The summed E-state index contributed by atoms with van der Waals surface area (Å²) in [4.78, 5) is 20.4. The third-order valence-electron chi connectivity index (χ3n) is 6.55. The summed E-state index contributed by atoms with van der Waals surface area (Å²) in [6, 6.07) is 14.0. The highest BCUT2D eigenvalue weighted by Crippen LogP contribution is 2.33. The Bertz CT molecular complexity index is 1490. The molecule has 1 N–H and O–H groups in total. The summed E-state index contributed by atoms with van der Waals surface area (Å²) < 4.78 is 35.1. The largest absolute Gasteiger partial charge is 0.491 e. The van der Waals surface area contributed by atoms with E-state index in [4.69, 9.17) is 9.72 Å². The van der Waals surface area contributed by atoms with Gasteiger partial charge < -0.3 is 15.0 Å². The van der Waals surface area contributed by atoms with E-state index in [9.17, 15) is 13.6 Å². The summed E-state index contributed by atoms with van der Waals surface area (Å²) in [5.74, 6) is -1.45. The van der Waals surface area contributed by atoms with Crippen molar-refractivity contribution in [1.29, 1.82) is 0 Å². The molecule has 0 aliphatic carbocycles. The zero-order chi connectivity index (χ0) is 24.9. The second kappa shape index (κ2) is 8.69. The third kappa shape index (κ3) is 3.88. The Morgan fingerprint density at radius 3 is 2.43 bits per heavy atom. The Morgan fingerprint density at radius 1 is 1.09 bits per heavy atom. The fraction of sp³-hybridized carbons (Fsp3) is 0.259. The van der Waals surface area contributed by atoms with Crippen molar-refractivity contribution in [2.75, 3.05) is 17.3 Å². The van der Waals surface area contributed by atoms with E-state index in [1.54, 1.807) is 11.6 Å². The molecule has 0 radical (unpaired) electrons. The molecular formula is C27H26F2N4O2. The van der Waals surface area contributed by atoms with E-state index < -0.39 is 23.4 Å². The second-order valence-electron chi connectivity index (χ2n) is 8.96. The lowest BCUT2D eigenvalue weighted by atomic mass is 10.0. The maximum Gasteiger partial charge on any atom is 0.262 e. The smallest absolute Gasteiger partial charge is 0.262 e. The van der Waals surface area contributed by atoms with Crippen LogP contribution in [0.4, 0.5) is 20.4 Å². The van der Waals surface area contributed by atoms with Crippen LogP contribution in [0.1, 0.15) is 35.2 Å². The van der Waals surface area contributed by atoms with Gasteiger partial charge >= 0.3 is 0 Å². The van der Waals surface area contributed by atoms with Gasteiger partial charge in [-0.2, -0.15) is 0 Å². The number of ether oxygens (including phenoxy) is 1. The summed E-state index contributed by atoms with van der Waals surface area (Å²) in [5, 5.41) is 3.60. The van der Waals surface area contributed by atoms with Gasteiger partial charge in [-0.15, -0.1) is 0 Å². The average Bonchev–Trinajstić information content (AvgIpc) is 3.27. The van der Waals surface area contributed by atoms with E-state index in [0.29, 0.717) is 29.9 Å². The fourth-order valence-corrected chi connectivity index (χ4v) is 4.77. The minimum absolute atomic E-state index is 0.101. The molecule has 0 fully saturated rings. The number of halogens is 2. The molecule has 0 amide bonds. The van der Waals surface area contributed by atoms with Crippen LogP contribution < -0.4 is 20.5 Å². The predicted octanol–water partition coefficient (Wildman–Crippen LogP) is 5.22. The summed E-state index contributed by atoms with van der Waals surface area (Å²) in [7, 11) is 2.96. The number of rotatable bonds is 5. The second-order valence-corrected chi connectivity index (χ2v) is 8.96. The van der Waals surface area contributed by atoms with Crippen LogP contribution in [0.25, 0.3) is 10.9 Å². The maximum atomic E-state index is 14.8. The maximum absolute atomic E-state index is 14.8. The van der Waals surface area contributed by atoms with Gasteiger partial charge in [-0.05, 0) is 48.7 Å². The van der Waals surface area contributed by atoms with Crippen molar-refractivity contribution in [3.8, 4) is 5.75 Å². The lowest BCUT2D eigenvalue weighted by Crippen LogP contribution is -2.28. The minimum Gasteiger partial charge on any atom is -0.491 e. The number of anilines is 2. The standard InChI is InChI=1S/C27H26F2N4O2/c1-15-11-19(16(2)30-22-10-9-21(28)25(35-4)23(22)29)24-20(12-15)26(34)32(3)27(31-24)33-13-17-7-5-6-8-18(17)14-33/h5-12,16,30H,13-14H2,1-4H3. The number of hydrogen-bond acceptors (Lipinski definition) is 5. The lowest BCUT2D eigenvalue weighted by Gasteiger charge is -2.23. The highest BCUT2D eigenvalue weighted by Gasteiger charge is 2.25. The van der Waals surface area contributed by atoms with Gasteiger partial charge in [-0.1, -0.05) is 30.3 Å². The van der Waals surface area contributed by atoms with Gasteiger partial charge in [0, 0.05) is 25.7 Å². The number of nitrogens with one attached hydrogen (secondary N) is 1. The molecule has 1 aromatic heterocycles. The van der Waals surface area contributed by atoms with Crippen LogP contribution >= 0.6 is 0 Å². The van der Waals surface area contributed by atoms with Crippen LogP contribution in [0.15, 0.2) is 53.3 Å². The van der Waals surface area contributed by atoms with Crippen LogP contribution in [-0.4, -0.2) is 16.7 Å².